The normalized spacial score (nSPS) is 15.2. The smallest absolute Gasteiger partial charge is 0.253 e. The SMILES string of the molecule is COc1cc2c(cc1OC)C(NC(=O)c1ccccc1-n1nnnc1C)CC2. The number of aryl methyl sites for hydroxylation is 2. The number of tetrazole rings is 1. The molecule has 0 radical (unpaired) electrons. The van der Waals surface area contributed by atoms with E-state index in [1.165, 1.54) is 0 Å². The lowest BCUT2D eigenvalue weighted by molar-refractivity contribution is 0.0936. The largest absolute Gasteiger partial charge is 0.493 e. The van der Waals surface area contributed by atoms with Crippen LogP contribution < -0.4 is 14.8 Å². The number of fused-ring (bicyclic) bond motifs is 1. The van der Waals surface area contributed by atoms with Crippen molar-refractivity contribution in [2.75, 3.05) is 14.2 Å². The minimum absolute atomic E-state index is 0.0923. The second-order valence-electron chi connectivity index (χ2n) is 6.63. The van der Waals surface area contributed by atoms with E-state index in [-0.39, 0.29) is 11.9 Å². The molecular weight excluding hydrogens is 358 g/mol. The number of nitrogens with one attached hydrogen (secondary N) is 1. The summed E-state index contributed by atoms with van der Waals surface area (Å²) < 4.78 is 12.4. The quantitative estimate of drug-likeness (QED) is 0.732. The summed E-state index contributed by atoms with van der Waals surface area (Å²) in [5.41, 5.74) is 3.38. The Bertz CT molecular complexity index is 1030. The lowest BCUT2D eigenvalue weighted by Crippen LogP contribution is -2.28. The number of nitrogens with zero attached hydrogens (tertiary/aromatic N) is 4. The summed E-state index contributed by atoms with van der Waals surface area (Å²) >= 11 is 0. The van der Waals surface area contributed by atoms with Gasteiger partial charge in [0.25, 0.3) is 5.91 Å². The number of ether oxygens (including phenoxy) is 2. The van der Waals surface area contributed by atoms with Crippen LogP contribution in [0.25, 0.3) is 5.69 Å². The van der Waals surface area contributed by atoms with Crippen LogP contribution in [-0.2, 0) is 6.42 Å². The monoisotopic (exact) mass is 379 g/mol. The highest BCUT2D eigenvalue weighted by Crippen LogP contribution is 2.39. The topological polar surface area (TPSA) is 91.2 Å². The summed E-state index contributed by atoms with van der Waals surface area (Å²) in [6.07, 6.45) is 1.69. The van der Waals surface area contributed by atoms with Gasteiger partial charge in [0.05, 0.1) is 31.5 Å². The summed E-state index contributed by atoms with van der Waals surface area (Å²) in [4.78, 5) is 13.1. The van der Waals surface area contributed by atoms with Crippen molar-refractivity contribution in [3.8, 4) is 17.2 Å². The number of hydrogen-bond acceptors (Lipinski definition) is 6. The summed E-state index contributed by atoms with van der Waals surface area (Å²) in [5.74, 6) is 1.81. The van der Waals surface area contributed by atoms with Gasteiger partial charge in [-0.05, 0) is 65.6 Å². The van der Waals surface area contributed by atoms with Crippen LogP contribution in [0.3, 0.4) is 0 Å². The van der Waals surface area contributed by atoms with Crippen LogP contribution in [-0.4, -0.2) is 40.3 Å². The molecular formula is C20H21N5O3. The van der Waals surface area contributed by atoms with Crippen molar-refractivity contribution in [1.82, 2.24) is 25.5 Å². The Morgan fingerprint density at radius 2 is 1.93 bits per heavy atom. The van der Waals surface area contributed by atoms with Crippen LogP contribution in [0.2, 0.25) is 0 Å². The van der Waals surface area contributed by atoms with Crippen molar-refractivity contribution in [3.63, 3.8) is 0 Å². The third-order valence-electron chi connectivity index (χ3n) is 5.03. The van der Waals surface area contributed by atoms with E-state index in [0.717, 1.165) is 24.0 Å². The number of benzene rings is 2. The molecule has 8 heteroatoms. The second kappa shape index (κ2) is 7.30. The molecule has 8 nitrogen and oxygen atoms in total. The zero-order valence-electron chi connectivity index (χ0n) is 16.0. The molecule has 0 aliphatic heterocycles. The Morgan fingerprint density at radius 3 is 2.64 bits per heavy atom. The molecule has 1 unspecified atom stereocenters. The van der Waals surface area contributed by atoms with Crippen molar-refractivity contribution in [3.05, 3.63) is 58.9 Å². The molecule has 0 saturated carbocycles. The van der Waals surface area contributed by atoms with Crippen LogP contribution in [0, 0.1) is 6.92 Å². The number of aromatic nitrogens is 4. The van der Waals surface area contributed by atoms with Gasteiger partial charge in [-0.15, -0.1) is 5.10 Å². The number of hydrogen-bond donors (Lipinski definition) is 1. The molecule has 0 spiro atoms. The van der Waals surface area contributed by atoms with Crippen LogP contribution in [0.5, 0.6) is 11.5 Å². The van der Waals surface area contributed by atoms with E-state index in [9.17, 15) is 4.79 Å². The van der Waals surface area contributed by atoms with Crippen molar-refractivity contribution in [2.45, 2.75) is 25.8 Å². The third kappa shape index (κ3) is 3.06. The molecule has 0 saturated heterocycles. The zero-order chi connectivity index (χ0) is 19.7. The first-order valence-electron chi connectivity index (χ1n) is 9.02. The molecule has 1 aliphatic rings. The predicted molar refractivity (Wildman–Crippen MR) is 102 cm³/mol. The summed E-state index contributed by atoms with van der Waals surface area (Å²) in [6, 6.07) is 11.1. The summed E-state index contributed by atoms with van der Waals surface area (Å²) in [7, 11) is 3.23. The first kappa shape index (κ1) is 18.0. The fraction of sp³-hybridized carbons (Fsp3) is 0.300. The maximum atomic E-state index is 13.1. The average Bonchev–Trinajstić information content (AvgIpc) is 3.32. The molecule has 1 aliphatic carbocycles. The number of carbonyl (C=O) groups excluding carboxylic acids is 1. The van der Waals surface area contributed by atoms with Crippen LogP contribution in [0.1, 0.15) is 39.8 Å². The van der Waals surface area contributed by atoms with Crippen molar-refractivity contribution < 1.29 is 14.3 Å². The number of methoxy groups -OCH3 is 2. The van der Waals surface area contributed by atoms with Gasteiger partial charge in [0.15, 0.2) is 17.3 Å². The van der Waals surface area contributed by atoms with E-state index in [4.69, 9.17) is 9.47 Å². The first-order chi connectivity index (χ1) is 13.6. The minimum atomic E-state index is -0.168. The Hall–Kier alpha value is -3.42. The zero-order valence-corrected chi connectivity index (χ0v) is 16.0. The third-order valence-corrected chi connectivity index (χ3v) is 5.03. The van der Waals surface area contributed by atoms with Crippen LogP contribution in [0.4, 0.5) is 0 Å². The van der Waals surface area contributed by atoms with E-state index in [1.54, 1.807) is 31.9 Å². The fourth-order valence-corrected chi connectivity index (χ4v) is 3.62. The van der Waals surface area contributed by atoms with Crippen molar-refractivity contribution in [2.24, 2.45) is 0 Å². The maximum absolute atomic E-state index is 13.1. The standard InChI is InChI=1S/C20H21N5O3/c1-12-22-23-24-25(12)17-7-5-4-6-14(17)20(26)21-16-9-8-13-10-18(27-2)19(28-3)11-15(13)16/h4-7,10-11,16H,8-9H2,1-3H3,(H,21,26). The van der Waals surface area contributed by atoms with E-state index >= 15 is 0 Å². The molecule has 1 aromatic heterocycles. The van der Waals surface area contributed by atoms with Gasteiger partial charge in [-0.1, -0.05) is 12.1 Å². The van der Waals surface area contributed by atoms with Gasteiger partial charge < -0.3 is 14.8 Å². The lowest BCUT2D eigenvalue weighted by Gasteiger charge is -2.17. The molecule has 2 aromatic carbocycles. The van der Waals surface area contributed by atoms with E-state index < -0.39 is 0 Å². The Balaban J connectivity index is 1.63. The summed E-state index contributed by atoms with van der Waals surface area (Å²) in [5, 5.41) is 14.7. The van der Waals surface area contributed by atoms with Gasteiger partial charge in [-0.25, -0.2) is 0 Å². The minimum Gasteiger partial charge on any atom is -0.493 e. The highest BCUT2D eigenvalue weighted by Gasteiger charge is 2.27. The van der Waals surface area contributed by atoms with Gasteiger partial charge in [-0.2, -0.15) is 4.68 Å². The molecule has 3 aromatic rings. The Kier molecular flexibility index (Phi) is 4.68. The van der Waals surface area contributed by atoms with E-state index in [1.807, 2.05) is 30.3 Å². The molecule has 0 bridgehead atoms. The van der Waals surface area contributed by atoms with Gasteiger partial charge in [0, 0.05) is 0 Å². The molecule has 4 rings (SSSR count). The van der Waals surface area contributed by atoms with Gasteiger partial charge >= 0.3 is 0 Å². The van der Waals surface area contributed by atoms with Crippen LogP contribution >= 0.6 is 0 Å². The molecule has 1 atom stereocenters. The van der Waals surface area contributed by atoms with Gasteiger partial charge in [0.2, 0.25) is 0 Å². The molecule has 1 heterocycles. The molecule has 1 amide bonds. The molecule has 28 heavy (non-hydrogen) atoms. The highest BCUT2D eigenvalue weighted by atomic mass is 16.5. The maximum Gasteiger partial charge on any atom is 0.253 e. The van der Waals surface area contributed by atoms with Gasteiger partial charge in [-0.3, -0.25) is 4.79 Å². The lowest BCUT2D eigenvalue weighted by atomic mass is 10.1. The van der Waals surface area contributed by atoms with Crippen LogP contribution in [0.15, 0.2) is 36.4 Å². The van der Waals surface area contributed by atoms with Crippen molar-refractivity contribution in [1.29, 1.82) is 0 Å². The first-order valence-corrected chi connectivity index (χ1v) is 9.02. The fourth-order valence-electron chi connectivity index (χ4n) is 3.62. The number of carbonyl (C=O) groups is 1. The molecule has 0 fully saturated rings. The Morgan fingerprint density at radius 1 is 1.18 bits per heavy atom. The predicted octanol–water partition coefficient (Wildman–Crippen LogP) is 2.41. The second-order valence-corrected chi connectivity index (χ2v) is 6.63. The molecule has 1 N–H and O–H groups in total. The Labute approximate surface area is 162 Å². The number of rotatable bonds is 5. The van der Waals surface area contributed by atoms with Gasteiger partial charge in [0.1, 0.15) is 0 Å². The van der Waals surface area contributed by atoms with E-state index in [0.29, 0.717) is 28.6 Å². The summed E-state index contributed by atoms with van der Waals surface area (Å²) in [6.45, 7) is 1.79. The number of para-hydroxylation sites is 1. The van der Waals surface area contributed by atoms with E-state index in [2.05, 4.69) is 20.8 Å². The van der Waals surface area contributed by atoms with Crippen molar-refractivity contribution >= 4 is 5.91 Å². The highest BCUT2D eigenvalue weighted by molar-refractivity contribution is 5.98. The molecule has 144 valence electrons. The number of amides is 1. The average molecular weight is 379 g/mol.